The first-order valence-corrected chi connectivity index (χ1v) is 17.2. The van der Waals surface area contributed by atoms with E-state index in [1.807, 2.05) is 26.0 Å². The molecule has 0 atom stereocenters. The average molecular weight is 644 g/mol. The van der Waals surface area contributed by atoms with Gasteiger partial charge in [-0.15, -0.1) is 5.10 Å². The van der Waals surface area contributed by atoms with Crippen molar-refractivity contribution in [1.82, 2.24) is 19.7 Å². The van der Waals surface area contributed by atoms with Gasteiger partial charge in [0.15, 0.2) is 0 Å². The largest absolute Gasteiger partial charge is 0.497 e. The molecule has 1 aromatic carbocycles. The van der Waals surface area contributed by atoms with Crippen LogP contribution in [0.5, 0.6) is 17.5 Å². The van der Waals surface area contributed by atoms with Crippen molar-refractivity contribution in [1.29, 1.82) is 0 Å². The zero-order chi connectivity index (χ0) is 32.2. The van der Waals surface area contributed by atoms with E-state index in [2.05, 4.69) is 9.88 Å². The summed E-state index contributed by atoms with van der Waals surface area (Å²) in [5.41, 5.74) is 2.96. The van der Waals surface area contributed by atoms with Gasteiger partial charge in [-0.05, 0) is 69.5 Å². The van der Waals surface area contributed by atoms with Crippen molar-refractivity contribution >= 4 is 15.7 Å². The van der Waals surface area contributed by atoms with Gasteiger partial charge in [0.2, 0.25) is 21.8 Å². The molecule has 3 aromatic rings. The van der Waals surface area contributed by atoms with Crippen LogP contribution in [0, 0.1) is 5.92 Å². The maximum atomic E-state index is 13.1. The van der Waals surface area contributed by atoms with Crippen molar-refractivity contribution in [3.63, 3.8) is 0 Å². The molecule has 0 spiro atoms. The Labute approximate surface area is 265 Å². The van der Waals surface area contributed by atoms with Gasteiger partial charge < -0.3 is 24.1 Å². The van der Waals surface area contributed by atoms with Crippen LogP contribution in [0.15, 0.2) is 36.5 Å². The van der Waals surface area contributed by atoms with E-state index in [-0.39, 0.29) is 12.4 Å². The van der Waals surface area contributed by atoms with E-state index in [1.165, 1.54) is 17.7 Å². The molecule has 0 radical (unpaired) electrons. The molecule has 0 saturated carbocycles. The van der Waals surface area contributed by atoms with E-state index in [0.717, 1.165) is 49.3 Å². The number of methoxy groups -OCH3 is 2. The SMILES string of the molecule is COc1ccc(CN(c2cc(-n3nc(OCCN4CCC(C(C)(C)O)CC4)c4c3CCOCC4)cnc2OC)S(C)(=O)=O)cc1. The Bertz CT molecular complexity index is 1550. The molecule has 45 heavy (non-hydrogen) atoms. The molecule has 0 amide bonds. The minimum absolute atomic E-state index is 0.0801. The Kier molecular flexibility index (Phi) is 10.2. The van der Waals surface area contributed by atoms with Crippen molar-refractivity contribution in [2.24, 2.45) is 5.92 Å². The van der Waals surface area contributed by atoms with Gasteiger partial charge in [0.1, 0.15) is 18.0 Å². The van der Waals surface area contributed by atoms with Crippen molar-refractivity contribution in [3.8, 4) is 23.2 Å². The van der Waals surface area contributed by atoms with Crippen LogP contribution in [0.2, 0.25) is 0 Å². The quantitative estimate of drug-likeness (QED) is 0.314. The highest BCUT2D eigenvalue weighted by Crippen LogP contribution is 2.34. The fourth-order valence-corrected chi connectivity index (χ4v) is 6.91. The number of hydrogen-bond donors (Lipinski definition) is 1. The zero-order valence-corrected chi connectivity index (χ0v) is 27.7. The second-order valence-electron chi connectivity index (χ2n) is 12.2. The van der Waals surface area contributed by atoms with E-state index in [4.69, 9.17) is 24.0 Å². The molecule has 13 heteroatoms. The third kappa shape index (κ3) is 7.89. The van der Waals surface area contributed by atoms with Crippen LogP contribution < -0.4 is 18.5 Å². The summed E-state index contributed by atoms with van der Waals surface area (Å²) in [7, 11) is -0.674. The average Bonchev–Trinajstić information content (AvgIpc) is 3.17. The molecule has 1 fully saturated rings. The Hall–Kier alpha value is -3.39. The van der Waals surface area contributed by atoms with Crippen LogP contribution in [0.1, 0.15) is 43.5 Å². The highest BCUT2D eigenvalue weighted by atomic mass is 32.2. The first kappa shape index (κ1) is 33.0. The van der Waals surface area contributed by atoms with Crippen molar-refractivity contribution < 1.29 is 32.5 Å². The number of piperidine rings is 1. The number of nitrogens with zero attached hydrogens (tertiary/aromatic N) is 5. The van der Waals surface area contributed by atoms with Gasteiger partial charge in [-0.3, -0.25) is 9.21 Å². The third-order valence-electron chi connectivity index (χ3n) is 8.68. The molecule has 0 aliphatic carbocycles. The summed E-state index contributed by atoms with van der Waals surface area (Å²) in [5, 5.41) is 15.3. The lowest BCUT2D eigenvalue weighted by molar-refractivity contribution is -0.0138. The summed E-state index contributed by atoms with van der Waals surface area (Å²) >= 11 is 0. The van der Waals surface area contributed by atoms with Crippen molar-refractivity contribution in [3.05, 3.63) is 53.3 Å². The predicted molar refractivity (Wildman–Crippen MR) is 171 cm³/mol. The lowest BCUT2D eigenvalue weighted by Crippen LogP contribution is -2.43. The number of anilines is 1. The molecule has 2 aliphatic rings. The summed E-state index contributed by atoms with van der Waals surface area (Å²) in [4.78, 5) is 6.86. The van der Waals surface area contributed by atoms with Crippen LogP contribution >= 0.6 is 0 Å². The Morgan fingerprint density at radius 1 is 1.07 bits per heavy atom. The number of aromatic nitrogens is 3. The molecule has 2 aromatic heterocycles. The predicted octanol–water partition coefficient (Wildman–Crippen LogP) is 3.23. The standard InChI is InChI=1S/C32H45N5O7S/c1-32(2,38)24-10-14-35(15-11-24)16-19-44-30-27-12-17-43-18-13-28(27)37(34-30)25-20-29(31(42-4)33-21-25)36(45(5,39)40)22-23-6-8-26(41-3)9-7-23/h6-9,20-21,24,38H,10-19,22H2,1-5H3. The van der Waals surface area contributed by atoms with Crippen LogP contribution in [0.4, 0.5) is 5.69 Å². The number of benzene rings is 1. The van der Waals surface area contributed by atoms with Gasteiger partial charge in [-0.25, -0.2) is 18.1 Å². The molecule has 1 saturated heterocycles. The smallest absolute Gasteiger partial charge is 0.238 e. The second kappa shape index (κ2) is 13.9. The molecule has 0 unspecified atom stereocenters. The van der Waals surface area contributed by atoms with Gasteiger partial charge in [0.05, 0.1) is 63.4 Å². The first-order valence-electron chi connectivity index (χ1n) is 15.4. The van der Waals surface area contributed by atoms with Gasteiger partial charge in [-0.1, -0.05) is 12.1 Å². The van der Waals surface area contributed by atoms with Crippen molar-refractivity contribution in [2.45, 2.75) is 51.7 Å². The van der Waals surface area contributed by atoms with Crippen LogP contribution in [-0.4, -0.2) is 98.7 Å². The highest BCUT2D eigenvalue weighted by molar-refractivity contribution is 7.92. The molecule has 0 bridgehead atoms. The molecule has 5 rings (SSSR count). The minimum atomic E-state index is -3.73. The topological polar surface area (TPSA) is 128 Å². The number of pyridine rings is 1. The van der Waals surface area contributed by atoms with E-state index < -0.39 is 15.6 Å². The number of sulfonamides is 1. The molecule has 2 aliphatic heterocycles. The fraction of sp³-hybridized carbons (Fsp3) is 0.562. The number of rotatable bonds is 12. The number of likely N-dealkylation sites (tertiary alicyclic amines) is 1. The summed E-state index contributed by atoms with van der Waals surface area (Å²) in [6.07, 6.45) is 6.00. The molecule has 246 valence electrons. The lowest BCUT2D eigenvalue weighted by atomic mass is 9.83. The number of ether oxygens (including phenoxy) is 4. The number of fused-ring (bicyclic) bond motifs is 1. The van der Waals surface area contributed by atoms with Gasteiger partial charge in [-0.2, -0.15) is 0 Å². The van der Waals surface area contributed by atoms with E-state index >= 15 is 0 Å². The maximum Gasteiger partial charge on any atom is 0.238 e. The molecule has 1 N–H and O–H groups in total. The minimum Gasteiger partial charge on any atom is -0.497 e. The monoisotopic (exact) mass is 643 g/mol. The second-order valence-corrected chi connectivity index (χ2v) is 14.1. The Morgan fingerprint density at radius 3 is 2.42 bits per heavy atom. The van der Waals surface area contributed by atoms with Crippen LogP contribution in [0.25, 0.3) is 5.69 Å². The summed E-state index contributed by atoms with van der Waals surface area (Å²) in [6, 6.07) is 8.98. The third-order valence-corrected chi connectivity index (χ3v) is 9.80. The number of aliphatic hydroxyl groups is 1. The van der Waals surface area contributed by atoms with Crippen LogP contribution in [0.3, 0.4) is 0 Å². The Balaban J connectivity index is 1.40. The zero-order valence-electron chi connectivity index (χ0n) is 26.9. The van der Waals surface area contributed by atoms with E-state index in [9.17, 15) is 13.5 Å². The summed E-state index contributed by atoms with van der Waals surface area (Å²) in [6.45, 7) is 8.06. The molecule has 4 heterocycles. The summed E-state index contributed by atoms with van der Waals surface area (Å²) in [5.74, 6) is 1.73. The first-order chi connectivity index (χ1) is 21.5. The van der Waals surface area contributed by atoms with E-state index in [1.54, 1.807) is 36.2 Å². The molecular formula is C32H45N5O7S. The maximum absolute atomic E-state index is 13.1. The fourth-order valence-electron chi connectivity index (χ4n) is 6.04. The number of hydrogen-bond acceptors (Lipinski definition) is 10. The molecule has 12 nitrogen and oxygen atoms in total. The van der Waals surface area contributed by atoms with Crippen LogP contribution in [-0.2, 0) is 34.1 Å². The highest BCUT2D eigenvalue weighted by Gasteiger charge is 2.31. The molecular weight excluding hydrogens is 598 g/mol. The lowest BCUT2D eigenvalue weighted by Gasteiger charge is -2.37. The summed E-state index contributed by atoms with van der Waals surface area (Å²) < 4.78 is 52.2. The normalized spacial score (nSPS) is 16.6. The van der Waals surface area contributed by atoms with E-state index in [0.29, 0.717) is 61.6 Å². The Morgan fingerprint density at radius 2 is 1.78 bits per heavy atom. The van der Waals surface area contributed by atoms with Gasteiger partial charge in [0.25, 0.3) is 0 Å². The van der Waals surface area contributed by atoms with Gasteiger partial charge in [0, 0.05) is 24.9 Å². The van der Waals surface area contributed by atoms with Crippen molar-refractivity contribution in [2.75, 3.05) is 64.2 Å². The van der Waals surface area contributed by atoms with Gasteiger partial charge >= 0.3 is 0 Å².